The largest absolute Gasteiger partial charge is 0.464 e. The average Bonchev–Trinajstić information content (AvgIpc) is 1.86. The van der Waals surface area contributed by atoms with E-state index in [0.29, 0.717) is 0 Å². The molecule has 0 aliphatic rings. The van der Waals surface area contributed by atoms with Gasteiger partial charge in [0, 0.05) is 0 Å². The zero-order valence-corrected chi connectivity index (χ0v) is 6.36. The van der Waals surface area contributed by atoms with Gasteiger partial charge >= 0.3 is 5.97 Å². The third-order valence-corrected chi connectivity index (χ3v) is 0.939. The van der Waals surface area contributed by atoms with Gasteiger partial charge in [-0.05, 0) is 13.8 Å². The molecule has 0 spiro atoms. The maximum atomic E-state index is 10.7. The van der Waals surface area contributed by atoms with Crippen molar-refractivity contribution < 1.29 is 14.6 Å². The van der Waals surface area contributed by atoms with Gasteiger partial charge in [-0.15, -0.1) is 5.43 Å². The maximum absolute atomic E-state index is 10.7. The molecule has 1 N–H and O–H groups in total. The summed E-state index contributed by atoms with van der Waals surface area (Å²) in [6.45, 7) is 3.22. The Balaban J connectivity index is 3.73. The van der Waals surface area contributed by atoms with Crippen LogP contribution in [0.2, 0.25) is 0 Å². The van der Waals surface area contributed by atoms with Crippen molar-refractivity contribution in [1.29, 1.82) is 0 Å². The SMILES string of the molecule is CCOC(=O)C(C)N[N+](=O)[O-]. The summed E-state index contributed by atoms with van der Waals surface area (Å²) in [6.07, 6.45) is 0. The van der Waals surface area contributed by atoms with Gasteiger partial charge in [0.15, 0.2) is 11.1 Å². The van der Waals surface area contributed by atoms with Crippen LogP contribution in [0.5, 0.6) is 0 Å². The second-order valence-corrected chi connectivity index (χ2v) is 1.86. The van der Waals surface area contributed by atoms with Crippen LogP contribution in [0.15, 0.2) is 0 Å². The Kier molecular flexibility index (Phi) is 3.94. The van der Waals surface area contributed by atoms with Crippen LogP contribution in [0, 0.1) is 10.1 Å². The van der Waals surface area contributed by atoms with E-state index in [0.717, 1.165) is 0 Å². The zero-order valence-electron chi connectivity index (χ0n) is 6.36. The first-order chi connectivity index (χ1) is 5.07. The lowest BCUT2D eigenvalue weighted by Gasteiger charge is -2.05. The zero-order chi connectivity index (χ0) is 8.85. The van der Waals surface area contributed by atoms with E-state index in [9.17, 15) is 14.9 Å². The van der Waals surface area contributed by atoms with Crippen molar-refractivity contribution in [3.8, 4) is 0 Å². The molecule has 1 unspecified atom stereocenters. The highest BCUT2D eigenvalue weighted by atomic mass is 16.7. The normalized spacial score (nSPS) is 11.8. The molecule has 0 aromatic rings. The van der Waals surface area contributed by atoms with Crippen LogP contribution >= 0.6 is 0 Å². The van der Waals surface area contributed by atoms with Gasteiger partial charge in [-0.1, -0.05) is 0 Å². The minimum atomic E-state index is -0.898. The number of hydrogen-bond donors (Lipinski definition) is 1. The molecule has 6 heteroatoms. The molecular formula is C5H10N2O4. The summed E-state index contributed by atoms with van der Waals surface area (Å²) in [5.41, 5.74) is 1.77. The number of ether oxygens (including phenoxy) is 1. The first-order valence-corrected chi connectivity index (χ1v) is 3.15. The second-order valence-electron chi connectivity index (χ2n) is 1.86. The summed E-state index contributed by atoms with van der Waals surface area (Å²) in [6, 6.07) is -0.898. The lowest BCUT2D eigenvalue weighted by molar-refractivity contribution is -0.548. The van der Waals surface area contributed by atoms with E-state index in [1.807, 2.05) is 0 Å². The van der Waals surface area contributed by atoms with Crippen molar-refractivity contribution in [3.63, 3.8) is 0 Å². The summed E-state index contributed by atoms with van der Waals surface area (Å²) in [5, 5.41) is 9.03. The molecule has 0 aromatic carbocycles. The fourth-order valence-corrected chi connectivity index (χ4v) is 0.478. The summed E-state index contributed by atoms with van der Waals surface area (Å²) in [7, 11) is 0. The fraction of sp³-hybridized carbons (Fsp3) is 0.800. The monoisotopic (exact) mass is 162 g/mol. The molecule has 0 bridgehead atoms. The second kappa shape index (κ2) is 4.48. The predicted octanol–water partition coefficient (Wildman–Crippen LogP) is -0.281. The minimum absolute atomic E-state index is 0.225. The fourth-order valence-electron chi connectivity index (χ4n) is 0.478. The van der Waals surface area contributed by atoms with Gasteiger partial charge in [0.1, 0.15) is 0 Å². The van der Waals surface area contributed by atoms with Crippen molar-refractivity contribution in [2.75, 3.05) is 6.61 Å². The lowest BCUT2D eigenvalue weighted by Crippen LogP contribution is -2.38. The number of esters is 1. The first-order valence-electron chi connectivity index (χ1n) is 3.15. The van der Waals surface area contributed by atoms with Gasteiger partial charge in [-0.2, -0.15) is 0 Å². The number of hydrogen-bond acceptors (Lipinski definition) is 4. The van der Waals surface area contributed by atoms with Crippen LogP contribution in [-0.2, 0) is 9.53 Å². The average molecular weight is 162 g/mol. The Labute approximate surface area is 63.6 Å². The summed E-state index contributed by atoms with van der Waals surface area (Å²) in [5.74, 6) is -0.621. The molecule has 0 radical (unpaired) electrons. The third kappa shape index (κ3) is 4.12. The summed E-state index contributed by atoms with van der Waals surface area (Å²) in [4.78, 5) is 20.5. The maximum Gasteiger partial charge on any atom is 0.334 e. The Morgan fingerprint density at radius 2 is 2.36 bits per heavy atom. The number of carbonyl (C=O) groups is 1. The Morgan fingerprint density at radius 1 is 1.82 bits per heavy atom. The van der Waals surface area contributed by atoms with Crippen molar-refractivity contribution in [2.45, 2.75) is 19.9 Å². The van der Waals surface area contributed by atoms with Crippen LogP contribution in [0.1, 0.15) is 13.8 Å². The number of rotatable bonds is 4. The van der Waals surface area contributed by atoms with Gasteiger partial charge < -0.3 is 4.74 Å². The van der Waals surface area contributed by atoms with Crippen LogP contribution < -0.4 is 5.43 Å². The molecule has 0 rings (SSSR count). The molecule has 0 amide bonds. The molecule has 6 nitrogen and oxygen atoms in total. The molecule has 0 aliphatic heterocycles. The van der Waals surface area contributed by atoms with Crippen molar-refractivity contribution >= 4 is 5.97 Å². The number of nitrogens with one attached hydrogen (secondary N) is 1. The van der Waals surface area contributed by atoms with Gasteiger partial charge in [-0.3, -0.25) is 0 Å². The third-order valence-electron chi connectivity index (χ3n) is 0.939. The molecule has 11 heavy (non-hydrogen) atoms. The standard InChI is InChI=1S/C5H10N2O4/c1-3-11-5(8)4(2)6-7(9)10/h4,6H,3H2,1-2H3. The summed E-state index contributed by atoms with van der Waals surface area (Å²) < 4.78 is 4.50. The molecule has 0 fully saturated rings. The molecule has 0 heterocycles. The van der Waals surface area contributed by atoms with E-state index >= 15 is 0 Å². The van der Waals surface area contributed by atoms with Crippen molar-refractivity contribution in [1.82, 2.24) is 5.43 Å². The van der Waals surface area contributed by atoms with E-state index in [1.165, 1.54) is 6.92 Å². The highest BCUT2D eigenvalue weighted by molar-refractivity contribution is 5.74. The Bertz CT molecular complexity index is 159. The number of nitrogens with zero attached hydrogens (tertiary/aromatic N) is 1. The predicted molar refractivity (Wildman–Crippen MR) is 36.2 cm³/mol. The summed E-state index contributed by atoms with van der Waals surface area (Å²) >= 11 is 0. The number of carbonyl (C=O) groups excluding carboxylic acids is 1. The van der Waals surface area contributed by atoms with Gasteiger partial charge in [0.2, 0.25) is 0 Å². The topological polar surface area (TPSA) is 81.5 Å². The number of hydrazine groups is 1. The number of nitro groups is 1. The van der Waals surface area contributed by atoms with E-state index in [1.54, 1.807) is 12.3 Å². The van der Waals surface area contributed by atoms with Gasteiger partial charge in [-0.25, -0.2) is 14.9 Å². The molecule has 0 aliphatic carbocycles. The van der Waals surface area contributed by atoms with Crippen LogP contribution in [-0.4, -0.2) is 23.7 Å². The molecule has 0 saturated heterocycles. The van der Waals surface area contributed by atoms with E-state index in [4.69, 9.17) is 0 Å². The minimum Gasteiger partial charge on any atom is -0.464 e. The van der Waals surface area contributed by atoms with E-state index in [2.05, 4.69) is 4.74 Å². The Hall–Kier alpha value is -1.33. The van der Waals surface area contributed by atoms with Crippen LogP contribution in [0.25, 0.3) is 0 Å². The molecule has 0 aromatic heterocycles. The van der Waals surface area contributed by atoms with Gasteiger partial charge in [0.25, 0.3) is 0 Å². The Morgan fingerprint density at radius 3 is 2.73 bits per heavy atom. The van der Waals surface area contributed by atoms with Crippen molar-refractivity contribution in [3.05, 3.63) is 10.1 Å². The van der Waals surface area contributed by atoms with Crippen molar-refractivity contribution in [2.24, 2.45) is 0 Å². The molecular weight excluding hydrogens is 152 g/mol. The highest BCUT2D eigenvalue weighted by Crippen LogP contribution is 1.86. The highest BCUT2D eigenvalue weighted by Gasteiger charge is 2.17. The first kappa shape index (κ1) is 9.67. The molecule has 64 valence electrons. The van der Waals surface area contributed by atoms with Crippen LogP contribution in [0.3, 0.4) is 0 Å². The molecule has 0 saturated carbocycles. The molecule has 1 atom stereocenters. The lowest BCUT2D eigenvalue weighted by atomic mass is 10.4. The van der Waals surface area contributed by atoms with E-state index < -0.39 is 17.0 Å². The van der Waals surface area contributed by atoms with Crippen LogP contribution in [0.4, 0.5) is 0 Å². The van der Waals surface area contributed by atoms with E-state index in [-0.39, 0.29) is 6.61 Å². The van der Waals surface area contributed by atoms with Gasteiger partial charge in [0.05, 0.1) is 6.61 Å². The smallest absolute Gasteiger partial charge is 0.334 e. The quantitative estimate of drug-likeness (QED) is 0.349.